The lowest BCUT2D eigenvalue weighted by Gasteiger charge is -2.14. The van der Waals surface area contributed by atoms with E-state index in [9.17, 15) is 22.8 Å². The van der Waals surface area contributed by atoms with E-state index in [2.05, 4.69) is 5.32 Å². The van der Waals surface area contributed by atoms with Gasteiger partial charge in [0.05, 0.1) is 15.5 Å². The lowest BCUT2D eigenvalue weighted by molar-refractivity contribution is -0.114. The highest BCUT2D eigenvalue weighted by atomic mass is 35.5. The number of anilines is 1. The van der Waals surface area contributed by atoms with Crippen molar-refractivity contribution in [3.63, 3.8) is 0 Å². The molecule has 0 saturated carbocycles. The molecule has 148 valence electrons. The van der Waals surface area contributed by atoms with Gasteiger partial charge in [0, 0.05) is 24.4 Å². The highest BCUT2D eigenvalue weighted by Crippen LogP contribution is 2.22. The number of benzene rings is 2. The summed E-state index contributed by atoms with van der Waals surface area (Å²) >= 11 is 5.97. The number of hydrogen-bond donors (Lipinski definition) is 1. The summed E-state index contributed by atoms with van der Waals surface area (Å²) < 4.78 is 28.5. The molecule has 0 bridgehead atoms. The molecule has 0 unspecified atom stereocenters. The number of ketones is 1. The molecule has 0 saturated heterocycles. The van der Waals surface area contributed by atoms with Gasteiger partial charge in [-0.2, -0.15) is 0 Å². The average Bonchev–Trinajstić information content (AvgIpc) is 2.60. The Morgan fingerprint density at radius 1 is 1.07 bits per heavy atom. The molecule has 0 radical (unpaired) electrons. The van der Waals surface area contributed by atoms with Crippen LogP contribution in [0.25, 0.3) is 0 Å². The maximum Gasteiger partial charge on any atom is 0.340 e. The summed E-state index contributed by atoms with van der Waals surface area (Å²) in [6.07, 6.45) is -0.126. The predicted molar refractivity (Wildman–Crippen MR) is 105 cm³/mol. The molecule has 7 nitrogen and oxygen atoms in total. The molecule has 0 spiro atoms. The molecular formula is C19H18ClNO6S. The van der Waals surface area contributed by atoms with Crippen molar-refractivity contribution in [2.45, 2.75) is 24.8 Å². The second kappa shape index (κ2) is 8.53. The fourth-order valence-electron chi connectivity index (χ4n) is 2.32. The second-order valence-electron chi connectivity index (χ2n) is 6.08. The zero-order chi connectivity index (χ0) is 21.1. The molecular weight excluding hydrogens is 406 g/mol. The van der Waals surface area contributed by atoms with Crippen LogP contribution < -0.4 is 5.32 Å². The van der Waals surface area contributed by atoms with Gasteiger partial charge in [0.15, 0.2) is 15.9 Å². The Labute approximate surface area is 167 Å². The van der Waals surface area contributed by atoms with Crippen LogP contribution in [0.4, 0.5) is 5.69 Å². The molecule has 2 aromatic carbocycles. The number of ether oxygens (including phenoxy) is 1. The number of esters is 1. The monoisotopic (exact) mass is 423 g/mol. The maximum atomic E-state index is 12.5. The Morgan fingerprint density at radius 3 is 2.21 bits per heavy atom. The summed E-state index contributed by atoms with van der Waals surface area (Å²) in [5.41, 5.74) is 0.661. The van der Waals surface area contributed by atoms with Crippen LogP contribution >= 0.6 is 11.6 Å². The van der Waals surface area contributed by atoms with Crippen molar-refractivity contribution in [3.8, 4) is 0 Å². The minimum atomic E-state index is -3.54. The SMILES string of the molecule is CC(=O)Nc1ccc(C(=O)[C@H](C)OC(=O)c2cc(S(C)(=O)=O)ccc2Cl)cc1. The molecule has 1 amide bonds. The summed E-state index contributed by atoms with van der Waals surface area (Å²) in [7, 11) is -3.54. The second-order valence-corrected chi connectivity index (χ2v) is 8.51. The van der Waals surface area contributed by atoms with Gasteiger partial charge in [0.25, 0.3) is 0 Å². The van der Waals surface area contributed by atoms with E-state index in [-0.39, 0.29) is 27.0 Å². The van der Waals surface area contributed by atoms with Gasteiger partial charge in [-0.15, -0.1) is 0 Å². The third-order valence-electron chi connectivity index (χ3n) is 3.73. The van der Waals surface area contributed by atoms with Crippen LogP contribution in [0.3, 0.4) is 0 Å². The van der Waals surface area contributed by atoms with Crippen molar-refractivity contribution in [2.75, 3.05) is 11.6 Å². The van der Waals surface area contributed by atoms with Gasteiger partial charge in [-0.05, 0) is 49.4 Å². The van der Waals surface area contributed by atoms with Gasteiger partial charge in [-0.25, -0.2) is 13.2 Å². The Morgan fingerprint density at radius 2 is 1.68 bits per heavy atom. The fraction of sp³-hybridized carbons (Fsp3) is 0.211. The van der Waals surface area contributed by atoms with Crippen LogP contribution in [0.1, 0.15) is 34.6 Å². The van der Waals surface area contributed by atoms with Crippen molar-refractivity contribution in [1.29, 1.82) is 0 Å². The van der Waals surface area contributed by atoms with Crippen molar-refractivity contribution < 1.29 is 27.5 Å². The van der Waals surface area contributed by atoms with E-state index >= 15 is 0 Å². The van der Waals surface area contributed by atoms with E-state index in [1.807, 2.05) is 0 Å². The third-order valence-corrected chi connectivity index (χ3v) is 5.17. The predicted octanol–water partition coefficient (Wildman–Crippen LogP) is 3.13. The van der Waals surface area contributed by atoms with Gasteiger partial charge in [-0.3, -0.25) is 9.59 Å². The van der Waals surface area contributed by atoms with Crippen LogP contribution in [0.2, 0.25) is 5.02 Å². The molecule has 1 atom stereocenters. The molecule has 0 aliphatic heterocycles. The fourth-order valence-corrected chi connectivity index (χ4v) is 3.17. The smallest absolute Gasteiger partial charge is 0.340 e. The molecule has 28 heavy (non-hydrogen) atoms. The van der Waals surface area contributed by atoms with Gasteiger partial charge in [0.1, 0.15) is 0 Å². The number of hydrogen-bond acceptors (Lipinski definition) is 6. The summed E-state index contributed by atoms with van der Waals surface area (Å²) in [4.78, 5) is 35.8. The van der Waals surface area contributed by atoms with E-state index in [4.69, 9.17) is 16.3 Å². The molecule has 2 aromatic rings. The normalized spacial score (nSPS) is 12.1. The Balaban J connectivity index is 2.16. The van der Waals surface area contributed by atoms with E-state index < -0.39 is 27.7 Å². The van der Waals surface area contributed by atoms with Gasteiger partial charge in [-0.1, -0.05) is 11.6 Å². The molecule has 9 heteroatoms. The van der Waals surface area contributed by atoms with Crippen molar-refractivity contribution >= 4 is 44.8 Å². The number of sulfone groups is 1. The zero-order valence-electron chi connectivity index (χ0n) is 15.4. The number of nitrogens with one attached hydrogen (secondary N) is 1. The third kappa shape index (κ3) is 5.40. The highest BCUT2D eigenvalue weighted by Gasteiger charge is 2.23. The molecule has 0 aliphatic carbocycles. The maximum absolute atomic E-state index is 12.5. The van der Waals surface area contributed by atoms with Gasteiger partial charge in [0.2, 0.25) is 11.7 Å². The minimum Gasteiger partial charge on any atom is -0.451 e. The minimum absolute atomic E-state index is 0.0108. The first kappa shape index (κ1) is 21.6. The van der Waals surface area contributed by atoms with Crippen LogP contribution in [0.5, 0.6) is 0 Å². The summed E-state index contributed by atoms with van der Waals surface area (Å²) in [6, 6.07) is 9.76. The largest absolute Gasteiger partial charge is 0.451 e. The number of halogens is 1. The van der Waals surface area contributed by atoms with Crippen molar-refractivity contribution in [2.24, 2.45) is 0 Å². The number of rotatable bonds is 6. The Hall–Kier alpha value is -2.71. The van der Waals surface area contributed by atoms with Crippen LogP contribution in [-0.4, -0.2) is 38.4 Å². The topological polar surface area (TPSA) is 107 Å². The van der Waals surface area contributed by atoms with Crippen LogP contribution in [0.15, 0.2) is 47.4 Å². The number of carbonyl (C=O) groups excluding carboxylic acids is 3. The molecule has 0 aliphatic rings. The number of Topliss-reactive ketones (excluding diaryl/α,β-unsaturated/α-hetero) is 1. The molecule has 0 heterocycles. The van der Waals surface area contributed by atoms with E-state index in [1.165, 1.54) is 38.1 Å². The first-order valence-corrected chi connectivity index (χ1v) is 10.4. The zero-order valence-corrected chi connectivity index (χ0v) is 16.9. The van der Waals surface area contributed by atoms with Gasteiger partial charge >= 0.3 is 5.97 Å². The highest BCUT2D eigenvalue weighted by molar-refractivity contribution is 7.90. The summed E-state index contributed by atoms with van der Waals surface area (Å²) in [5.74, 6) is -1.61. The van der Waals surface area contributed by atoms with Crippen molar-refractivity contribution in [3.05, 3.63) is 58.6 Å². The quantitative estimate of drug-likeness (QED) is 0.565. The molecule has 1 N–H and O–H groups in total. The summed E-state index contributed by atoms with van der Waals surface area (Å²) in [5, 5.41) is 2.59. The molecule has 2 rings (SSSR count). The van der Waals surface area contributed by atoms with Crippen molar-refractivity contribution in [1.82, 2.24) is 0 Å². The number of carbonyl (C=O) groups is 3. The molecule has 0 fully saturated rings. The summed E-state index contributed by atoms with van der Waals surface area (Å²) in [6.45, 7) is 2.76. The lowest BCUT2D eigenvalue weighted by atomic mass is 10.1. The first-order chi connectivity index (χ1) is 13.0. The Bertz CT molecular complexity index is 1030. The van der Waals surface area contributed by atoms with Gasteiger partial charge < -0.3 is 10.1 Å². The van der Waals surface area contributed by atoms with E-state index in [0.29, 0.717) is 5.69 Å². The van der Waals surface area contributed by atoms with Crippen LogP contribution in [-0.2, 0) is 19.4 Å². The lowest BCUT2D eigenvalue weighted by Crippen LogP contribution is -2.24. The standard InChI is InChI=1S/C19H18ClNO6S/c1-11(18(23)13-4-6-14(7-5-13)21-12(2)22)27-19(24)16-10-15(28(3,25)26)8-9-17(16)20/h4-11H,1-3H3,(H,21,22)/t11-/m0/s1. The first-order valence-electron chi connectivity index (χ1n) is 8.11. The van der Waals surface area contributed by atoms with E-state index in [0.717, 1.165) is 12.3 Å². The van der Waals surface area contributed by atoms with Crippen LogP contribution in [0, 0.1) is 0 Å². The van der Waals surface area contributed by atoms with E-state index in [1.54, 1.807) is 12.1 Å². The Kier molecular flexibility index (Phi) is 6.58. The number of amides is 1. The molecule has 0 aromatic heterocycles. The average molecular weight is 424 g/mol.